The first-order valence-corrected chi connectivity index (χ1v) is 8.67. The van der Waals surface area contributed by atoms with Crippen molar-refractivity contribution in [3.8, 4) is 0 Å². The van der Waals surface area contributed by atoms with E-state index in [9.17, 15) is 0 Å². The molecule has 0 aromatic heterocycles. The van der Waals surface area contributed by atoms with Crippen LogP contribution in [-0.2, 0) is 6.54 Å². The van der Waals surface area contributed by atoms with Crippen LogP contribution in [0.25, 0.3) is 0 Å². The van der Waals surface area contributed by atoms with Gasteiger partial charge in [0.25, 0.3) is 0 Å². The molecule has 2 aliphatic heterocycles. The third-order valence-electron chi connectivity index (χ3n) is 4.96. The predicted molar refractivity (Wildman–Crippen MR) is 88.2 cm³/mol. The molecule has 2 atom stereocenters. The van der Waals surface area contributed by atoms with Gasteiger partial charge in [-0.1, -0.05) is 33.6 Å². The van der Waals surface area contributed by atoms with E-state index in [0.29, 0.717) is 0 Å². The highest BCUT2D eigenvalue weighted by atomic mass is 79.9. The second-order valence-electron chi connectivity index (χ2n) is 6.25. The van der Waals surface area contributed by atoms with Gasteiger partial charge in [0.15, 0.2) is 0 Å². The first-order chi connectivity index (χ1) is 9.63. The summed E-state index contributed by atoms with van der Waals surface area (Å²) in [5.41, 5.74) is 1.19. The Morgan fingerprint density at radius 3 is 2.65 bits per heavy atom. The Kier molecular flexibility index (Phi) is 4.71. The number of benzene rings is 1. The second kappa shape index (κ2) is 6.35. The van der Waals surface area contributed by atoms with Crippen molar-refractivity contribution in [2.24, 2.45) is 5.92 Å². The number of hydrogen-bond acceptors (Lipinski definition) is 2. The average Bonchev–Trinajstić information content (AvgIpc) is 2.64. The number of nitrogens with one attached hydrogen (secondary N) is 1. The molecule has 0 spiro atoms. The standard InChI is InChI=1S/C16H22BrClN2/c1-20-14-4-5-15(20)7-11(6-14)9-19-10-12-2-3-13(17)8-16(12)18/h2-3,8,11,14-15,19H,4-7,9-10H2,1H3. The van der Waals surface area contributed by atoms with Crippen LogP contribution in [0.5, 0.6) is 0 Å². The molecule has 0 aliphatic carbocycles. The van der Waals surface area contributed by atoms with E-state index in [-0.39, 0.29) is 0 Å². The Balaban J connectivity index is 1.49. The number of hydrogen-bond donors (Lipinski definition) is 1. The molecule has 1 N–H and O–H groups in total. The van der Waals surface area contributed by atoms with Crippen molar-refractivity contribution in [1.29, 1.82) is 0 Å². The Hall–Kier alpha value is -0.0900. The van der Waals surface area contributed by atoms with E-state index in [1.165, 1.54) is 31.2 Å². The molecular formula is C16H22BrClN2. The van der Waals surface area contributed by atoms with Crippen molar-refractivity contribution in [3.63, 3.8) is 0 Å². The van der Waals surface area contributed by atoms with Crippen LogP contribution in [0.3, 0.4) is 0 Å². The summed E-state index contributed by atoms with van der Waals surface area (Å²) in [6, 6.07) is 7.78. The number of rotatable bonds is 4. The molecule has 4 heteroatoms. The molecule has 20 heavy (non-hydrogen) atoms. The summed E-state index contributed by atoms with van der Waals surface area (Å²) < 4.78 is 1.04. The molecule has 110 valence electrons. The Morgan fingerprint density at radius 1 is 1.30 bits per heavy atom. The fourth-order valence-electron chi connectivity index (χ4n) is 3.77. The highest BCUT2D eigenvalue weighted by molar-refractivity contribution is 9.10. The Labute approximate surface area is 135 Å². The van der Waals surface area contributed by atoms with Crippen LogP contribution in [0, 0.1) is 5.92 Å². The molecule has 0 amide bonds. The van der Waals surface area contributed by atoms with Gasteiger partial charge in [-0.15, -0.1) is 0 Å². The maximum atomic E-state index is 6.25. The fourth-order valence-corrected chi connectivity index (χ4v) is 4.51. The van der Waals surface area contributed by atoms with Gasteiger partial charge in [0.05, 0.1) is 0 Å². The van der Waals surface area contributed by atoms with E-state index in [2.05, 4.69) is 45.3 Å². The smallest absolute Gasteiger partial charge is 0.0462 e. The first-order valence-electron chi connectivity index (χ1n) is 7.50. The van der Waals surface area contributed by atoms with Crippen LogP contribution < -0.4 is 5.32 Å². The molecule has 2 heterocycles. The molecule has 3 rings (SSSR count). The molecule has 2 aliphatic rings. The molecule has 0 radical (unpaired) electrons. The SMILES string of the molecule is CN1C2CCC1CC(CNCc1ccc(Br)cc1Cl)C2. The van der Waals surface area contributed by atoms with Crippen molar-refractivity contribution < 1.29 is 0 Å². The largest absolute Gasteiger partial charge is 0.312 e. The summed E-state index contributed by atoms with van der Waals surface area (Å²) in [5, 5.41) is 4.44. The van der Waals surface area contributed by atoms with Crippen molar-refractivity contribution in [1.82, 2.24) is 10.2 Å². The van der Waals surface area contributed by atoms with Gasteiger partial charge in [-0.25, -0.2) is 0 Å². The molecule has 2 bridgehead atoms. The minimum absolute atomic E-state index is 0.830. The maximum Gasteiger partial charge on any atom is 0.0462 e. The average molecular weight is 358 g/mol. The van der Waals surface area contributed by atoms with E-state index in [0.717, 1.165) is 40.6 Å². The van der Waals surface area contributed by atoms with Crippen molar-refractivity contribution in [2.45, 2.75) is 44.3 Å². The molecule has 2 fully saturated rings. The van der Waals surface area contributed by atoms with E-state index in [1.54, 1.807) is 0 Å². The van der Waals surface area contributed by atoms with Gasteiger partial charge < -0.3 is 10.2 Å². The molecule has 2 nitrogen and oxygen atoms in total. The van der Waals surface area contributed by atoms with Gasteiger partial charge in [-0.2, -0.15) is 0 Å². The highest BCUT2D eigenvalue weighted by Gasteiger charge is 2.37. The summed E-state index contributed by atoms with van der Waals surface area (Å²) in [6.45, 7) is 1.99. The lowest BCUT2D eigenvalue weighted by Gasteiger charge is -2.36. The van der Waals surface area contributed by atoms with Gasteiger partial charge in [0.2, 0.25) is 0 Å². The molecule has 1 aromatic carbocycles. The molecule has 2 unspecified atom stereocenters. The molecule has 0 saturated carbocycles. The van der Waals surface area contributed by atoms with Crippen LogP contribution in [0.15, 0.2) is 22.7 Å². The molecular weight excluding hydrogens is 336 g/mol. The number of fused-ring (bicyclic) bond motifs is 2. The van der Waals surface area contributed by atoms with Crippen molar-refractivity contribution >= 4 is 27.5 Å². The van der Waals surface area contributed by atoms with Crippen LogP contribution in [0.1, 0.15) is 31.2 Å². The van der Waals surface area contributed by atoms with Gasteiger partial charge in [0, 0.05) is 28.1 Å². The summed E-state index contributed by atoms with van der Waals surface area (Å²) in [5.74, 6) is 0.831. The third kappa shape index (κ3) is 3.22. The lowest BCUT2D eigenvalue weighted by atomic mass is 9.91. The van der Waals surface area contributed by atoms with E-state index >= 15 is 0 Å². The van der Waals surface area contributed by atoms with Gasteiger partial charge in [-0.05, 0) is 62.9 Å². The van der Waals surface area contributed by atoms with Crippen LogP contribution in [-0.4, -0.2) is 30.6 Å². The van der Waals surface area contributed by atoms with Crippen molar-refractivity contribution in [2.75, 3.05) is 13.6 Å². The van der Waals surface area contributed by atoms with Gasteiger partial charge in [0.1, 0.15) is 0 Å². The summed E-state index contributed by atoms with van der Waals surface area (Å²) in [6.07, 6.45) is 5.51. The normalized spacial score (nSPS) is 29.9. The van der Waals surface area contributed by atoms with Crippen LogP contribution in [0.4, 0.5) is 0 Å². The lowest BCUT2D eigenvalue weighted by molar-refractivity contribution is 0.133. The zero-order valence-electron chi connectivity index (χ0n) is 11.9. The zero-order chi connectivity index (χ0) is 14.1. The van der Waals surface area contributed by atoms with Crippen LogP contribution >= 0.6 is 27.5 Å². The topological polar surface area (TPSA) is 15.3 Å². The summed E-state index contributed by atoms with van der Waals surface area (Å²) >= 11 is 9.69. The van der Waals surface area contributed by atoms with E-state index in [1.807, 2.05) is 6.07 Å². The quantitative estimate of drug-likeness (QED) is 0.874. The van der Waals surface area contributed by atoms with Gasteiger partial charge in [-0.3, -0.25) is 0 Å². The Morgan fingerprint density at radius 2 is 2.00 bits per heavy atom. The van der Waals surface area contributed by atoms with E-state index < -0.39 is 0 Å². The van der Waals surface area contributed by atoms with Crippen molar-refractivity contribution in [3.05, 3.63) is 33.3 Å². The lowest BCUT2D eigenvalue weighted by Crippen LogP contribution is -2.42. The highest BCUT2D eigenvalue weighted by Crippen LogP contribution is 2.37. The number of piperidine rings is 1. The first kappa shape index (κ1) is 14.8. The number of halogens is 2. The molecule has 2 saturated heterocycles. The maximum absolute atomic E-state index is 6.25. The second-order valence-corrected chi connectivity index (χ2v) is 7.58. The minimum Gasteiger partial charge on any atom is -0.312 e. The Bertz CT molecular complexity index is 466. The molecule has 1 aromatic rings. The fraction of sp³-hybridized carbons (Fsp3) is 0.625. The third-order valence-corrected chi connectivity index (χ3v) is 5.80. The van der Waals surface area contributed by atoms with Crippen LogP contribution in [0.2, 0.25) is 5.02 Å². The summed E-state index contributed by atoms with van der Waals surface area (Å²) in [4.78, 5) is 2.60. The predicted octanol–water partition coefficient (Wildman–Crippen LogP) is 4.06. The minimum atomic E-state index is 0.830. The summed E-state index contributed by atoms with van der Waals surface area (Å²) in [7, 11) is 2.30. The van der Waals surface area contributed by atoms with Gasteiger partial charge >= 0.3 is 0 Å². The van der Waals surface area contributed by atoms with E-state index in [4.69, 9.17) is 11.6 Å². The monoisotopic (exact) mass is 356 g/mol. The number of nitrogens with zero attached hydrogens (tertiary/aromatic N) is 1. The zero-order valence-corrected chi connectivity index (χ0v) is 14.3.